The maximum absolute atomic E-state index is 6.06. The summed E-state index contributed by atoms with van der Waals surface area (Å²) in [5.41, 5.74) is 1.28. The van der Waals surface area contributed by atoms with Crippen LogP contribution in [0.4, 0.5) is 0 Å². The molecule has 1 N–H and O–H groups in total. The molecule has 1 aliphatic heterocycles. The van der Waals surface area contributed by atoms with Gasteiger partial charge < -0.3 is 10.1 Å². The zero-order chi connectivity index (χ0) is 13.6. The average Bonchev–Trinajstić information content (AvgIpc) is 2.78. The number of rotatable bonds is 3. The predicted molar refractivity (Wildman–Crippen MR) is 82.2 cm³/mol. The van der Waals surface area contributed by atoms with Crippen LogP contribution in [-0.4, -0.2) is 6.54 Å². The first-order valence-electron chi connectivity index (χ1n) is 7.49. The molecule has 2 nitrogen and oxygen atoms in total. The van der Waals surface area contributed by atoms with Crippen LogP contribution in [0.1, 0.15) is 37.3 Å². The van der Waals surface area contributed by atoms with Crippen molar-refractivity contribution >= 4 is 0 Å². The third kappa shape index (κ3) is 3.20. The summed E-state index contributed by atoms with van der Waals surface area (Å²) in [6.45, 7) is 1.10. The largest absolute Gasteiger partial charge is 0.457 e. The molecule has 0 amide bonds. The van der Waals surface area contributed by atoms with Gasteiger partial charge in [0.1, 0.15) is 11.5 Å². The molecule has 2 heteroatoms. The molecule has 3 rings (SSSR count). The summed E-state index contributed by atoms with van der Waals surface area (Å²) < 4.78 is 6.06. The van der Waals surface area contributed by atoms with Gasteiger partial charge in [-0.1, -0.05) is 49.2 Å². The minimum absolute atomic E-state index is 0.414. The highest BCUT2D eigenvalue weighted by Crippen LogP contribution is 2.32. The van der Waals surface area contributed by atoms with E-state index >= 15 is 0 Å². The number of hydrogen-bond donors (Lipinski definition) is 1. The molecule has 1 heterocycles. The number of ether oxygens (including phenoxy) is 1. The smallest absolute Gasteiger partial charge is 0.132 e. The highest BCUT2D eigenvalue weighted by molar-refractivity contribution is 5.39. The predicted octanol–water partition coefficient (Wildman–Crippen LogP) is 4.68. The minimum atomic E-state index is 0.414. The summed E-state index contributed by atoms with van der Waals surface area (Å²) in [4.78, 5) is 0. The van der Waals surface area contributed by atoms with Crippen LogP contribution in [0.2, 0.25) is 0 Å². The van der Waals surface area contributed by atoms with Crippen molar-refractivity contribution in [3.8, 4) is 11.5 Å². The molecule has 1 aliphatic rings. The third-order valence-corrected chi connectivity index (χ3v) is 3.83. The summed E-state index contributed by atoms with van der Waals surface area (Å²) >= 11 is 0. The van der Waals surface area contributed by atoms with Gasteiger partial charge in [0.15, 0.2) is 0 Å². The fraction of sp³-hybridized carbons (Fsp3) is 0.333. The Hall–Kier alpha value is -1.80. The second kappa shape index (κ2) is 6.58. The molecule has 2 aromatic rings. The van der Waals surface area contributed by atoms with Gasteiger partial charge in [-0.2, -0.15) is 0 Å². The third-order valence-electron chi connectivity index (χ3n) is 3.83. The number of benzene rings is 2. The van der Waals surface area contributed by atoms with Gasteiger partial charge in [-0.25, -0.2) is 0 Å². The van der Waals surface area contributed by atoms with Crippen LogP contribution < -0.4 is 10.1 Å². The lowest BCUT2D eigenvalue weighted by atomic mass is 10.0. The molecule has 0 aromatic heterocycles. The Labute approximate surface area is 120 Å². The fourth-order valence-electron chi connectivity index (χ4n) is 2.77. The van der Waals surface area contributed by atoms with Crippen molar-refractivity contribution in [2.45, 2.75) is 31.7 Å². The van der Waals surface area contributed by atoms with E-state index in [0.717, 1.165) is 18.0 Å². The molecule has 104 valence electrons. The van der Waals surface area contributed by atoms with Crippen molar-refractivity contribution in [2.75, 3.05) is 6.54 Å². The molecule has 0 radical (unpaired) electrons. The second-order valence-electron chi connectivity index (χ2n) is 5.31. The lowest BCUT2D eigenvalue weighted by molar-refractivity contribution is 0.452. The molecule has 2 aromatic carbocycles. The lowest BCUT2D eigenvalue weighted by Crippen LogP contribution is -2.20. The van der Waals surface area contributed by atoms with Gasteiger partial charge in [-0.3, -0.25) is 0 Å². The first-order chi connectivity index (χ1) is 9.93. The summed E-state index contributed by atoms with van der Waals surface area (Å²) in [5.74, 6) is 1.87. The summed E-state index contributed by atoms with van der Waals surface area (Å²) in [6.07, 6.45) is 5.08. The van der Waals surface area contributed by atoms with Crippen LogP contribution in [0.25, 0.3) is 0 Å². The van der Waals surface area contributed by atoms with Crippen molar-refractivity contribution in [1.29, 1.82) is 0 Å². The van der Waals surface area contributed by atoms with E-state index in [1.165, 1.54) is 31.2 Å². The SMILES string of the molecule is c1ccc(Oc2ccccc2C2CCCCCN2)cc1. The first kappa shape index (κ1) is 13.2. The molecular weight excluding hydrogens is 246 g/mol. The van der Waals surface area contributed by atoms with Crippen LogP contribution >= 0.6 is 0 Å². The quantitative estimate of drug-likeness (QED) is 0.871. The fourth-order valence-corrected chi connectivity index (χ4v) is 2.77. The normalized spacial score (nSPS) is 19.3. The van der Waals surface area contributed by atoms with Gasteiger partial charge in [0.25, 0.3) is 0 Å². The Morgan fingerprint density at radius 1 is 0.850 bits per heavy atom. The van der Waals surface area contributed by atoms with E-state index in [4.69, 9.17) is 4.74 Å². The Balaban J connectivity index is 1.84. The Bertz CT molecular complexity index is 530. The first-order valence-corrected chi connectivity index (χ1v) is 7.49. The van der Waals surface area contributed by atoms with Crippen LogP contribution in [-0.2, 0) is 0 Å². The van der Waals surface area contributed by atoms with Gasteiger partial charge in [-0.15, -0.1) is 0 Å². The van der Waals surface area contributed by atoms with Gasteiger partial charge in [0.2, 0.25) is 0 Å². The second-order valence-corrected chi connectivity index (χ2v) is 5.31. The standard InChI is InChI=1S/C18H21NO/c1-3-9-15(10-4-1)20-18-13-7-6-11-16(18)17-12-5-2-8-14-19-17/h1,3-4,6-7,9-11,13,17,19H,2,5,8,12,14H2. The minimum Gasteiger partial charge on any atom is -0.457 e. The number of hydrogen-bond acceptors (Lipinski definition) is 2. The monoisotopic (exact) mass is 267 g/mol. The molecule has 1 unspecified atom stereocenters. The van der Waals surface area contributed by atoms with Gasteiger partial charge in [0, 0.05) is 11.6 Å². The summed E-state index contributed by atoms with van der Waals surface area (Å²) in [5, 5.41) is 3.64. The highest BCUT2D eigenvalue weighted by atomic mass is 16.5. The van der Waals surface area contributed by atoms with E-state index in [-0.39, 0.29) is 0 Å². The van der Waals surface area contributed by atoms with Crippen molar-refractivity contribution in [3.05, 3.63) is 60.2 Å². The average molecular weight is 267 g/mol. The summed E-state index contributed by atoms with van der Waals surface area (Å²) in [6, 6.07) is 18.8. The zero-order valence-electron chi connectivity index (χ0n) is 11.7. The molecular formula is C18H21NO. The molecule has 0 saturated carbocycles. The van der Waals surface area contributed by atoms with Gasteiger partial charge >= 0.3 is 0 Å². The lowest BCUT2D eigenvalue weighted by Gasteiger charge is -2.19. The molecule has 1 saturated heterocycles. The Morgan fingerprint density at radius 3 is 2.55 bits per heavy atom. The van der Waals surface area contributed by atoms with Crippen LogP contribution in [0, 0.1) is 0 Å². The molecule has 20 heavy (non-hydrogen) atoms. The number of nitrogens with one attached hydrogen (secondary N) is 1. The van der Waals surface area contributed by atoms with Crippen molar-refractivity contribution in [2.24, 2.45) is 0 Å². The highest BCUT2D eigenvalue weighted by Gasteiger charge is 2.17. The topological polar surface area (TPSA) is 21.3 Å². The Morgan fingerprint density at radius 2 is 1.65 bits per heavy atom. The molecule has 1 fully saturated rings. The molecule has 0 bridgehead atoms. The van der Waals surface area contributed by atoms with Crippen molar-refractivity contribution in [3.63, 3.8) is 0 Å². The molecule has 0 aliphatic carbocycles. The van der Waals surface area contributed by atoms with Crippen LogP contribution in [0.15, 0.2) is 54.6 Å². The molecule has 1 atom stereocenters. The van der Waals surface area contributed by atoms with Crippen LogP contribution in [0.3, 0.4) is 0 Å². The van der Waals surface area contributed by atoms with Gasteiger partial charge in [0.05, 0.1) is 0 Å². The van der Waals surface area contributed by atoms with Crippen molar-refractivity contribution < 1.29 is 4.74 Å². The maximum Gasteiger partial charge on any atom is 0.132 e. The van der Waals surface area contributed by atoms with E-state index in [2.05, 4.69) is 23.5 Å². The zero-order valence-corrected chi connectivity index (χ0v) is 11.7. The Kier molecular flexibility index (Phi) is 4.34. The van der Waals surface area contributed by atoms with E-state index < -0.39 is 0 Å². The van der Waals surface area contributed by atoms with Crippen LogP contribution in [0.5, 0.6) is 11.5 Å². The van der Waals surface area contributed by atoms with E-state index in [9.17, 15) is 0 Å². The molecule has 0 spiro atoms. The van der Waals surface area contributed by atoms with E-state index in [0.29, 0.717) is 6.04 Å². The van der Waals surface area contributed by atoms with Crippen molar-refractivity contribution in [1.82, 2.24) is 5.32 Å². The number of para-hydroxylation sites is 2. The summed E-state index contributed by atoms with van der Waals surface area (Å²) in [7, 11) is 0. The van der Waals surface area contributed by atoms with Gasteiger partial charge in [-0.05, 0) is 37.6 Å². The van der Waals surface area contributed by atoms with E-state index in [1.54, 1.807) is 0 Å². The van der Waals surface area contributed by atoms with E-state index in [1.807, 2.05) is 36.4 Å². The maximum atomic E-state index is 6.06.